The molecule has 0 unspecified atom stereocenters. The highest BCUT2D eigenvalue weighted by molar-refractivity contribution is 5.92. The van der Waals surface area contributed by atoms with Crippen LogP contribution in [0.5, 0.6) is 11.5 Å². The highest BCUT2D eigenvalue weighted by atomic mass is 16.5. The number of methoxy groups -OCH3 is 1. The molecule has 2 amide bonds. The third-order valence-corrected chi connectivity index (χ3v) is 4.98. The van der Waals surface area contributed by atoms with Crippen molar-refractivity contribution >= 4 is 17.5 Å². The number of nitrogens with one attached hydrogen (secondary N) is 1. The lowest BCUT2D eigenvalue weighted by molar-refractivity contribution is -0.134. The van der Waals surface area contributed by atoms with Crippen LogP contribution in [-0.2, 0) is 9.59 Å². The summed E-state index contributed by atoms with van der Waals surface area (Å²) >= 11 is 0. The molecule has 0 atom stereocenters. The number of aryl methyl sites for hydroxylation is 2. The number of rotatable bonds is 9. The smallest absolute Gasteiger partial charge is 0.260 e. The second-order valence-electron chi connectivity index (χ2n) is 7.37. The minimum Gasteiger partial charge on any atom is -0.493 e. The molecule has 1 fully saturated rings. The van der Waals surface area contributed by atoms with E-state index in [-0.39, 0.29) is 30.9 Å². The lowest BCUT2D eigenvalue weighted by atomic mass is 10.1. The van der Waals surface area contributed by atoms with Crippen molar-refractivity contribution in [1.29, 1.82) is 0 Å². The zero-order chi connectivity index (χ0) is 20.8. The molecule has 1 saturated carbocycles. The van der Waals surface area contributed by atoms with Gasteiger partial charge in [-0.2, -0.15) is 0 Å². The topological polar surface area (TPSA) is 67.9 Å². The summed E-state index contributed by atoms with van der Waals surface area (Å²) in [5, 5.41) is 2.95. The molecular formula is C23H28N2O4. The molecule has 0 aliphatic heterocycles. The van der Waals surface area contributed by atoms with Crippen LogP contribution in [0.1, 0.15) is 30.4 Å². The average Bonchev–Trinajstić information content (AvgIpc) is 3.54. The van der Waals surface area contributed by atoms with E-state index in [1.54, 1.807) is 24.1 Å². The molecule has 29 heavy (non-hydrogen) atoms. The van der Waals surface area contributed by atoms with Crippen molar-refractivity contribution in [2.24, 2.45) is 0 Å². The summed E-state index contributed by atoms with van der Waals surface area (Å²) in [7, 11) is 1.56. The molecule has 6 nitrogen and oxygen atoms in total. The van der Waals surface area contributed by atoms with E-state index in [0.29, 0.717) is 18.0 Å². The van der Waals surface area contributed by atoms with E-state index >= 15 is 0 Å². The summed E-state index contributed by atoms with van der Waals surface area (Å²) in [5.74, 6) is 0.915. The number of amides is 2. The first-order chi connectivity index (χ1) is 14.0. The lowest BCUT2D eigenvalue weighted by Gasteiger charge is -2.22. The third-order valence-electron chi connectivity index (χ3n) is 4.98. The number of hydrogen-bond donors (Lipinski definition) is 1. The Kier molecular flexibility index (Phi) is 6.75. The number of nitrogens with zero attached hydrogens (tertiary/aromatic N) is 1. The van der Waals surface area contributed by atoms with E-state index in [4.69, 9.17) is 9.47 Å². The van der Waals surface area contributed by atoms with E-state index in [2.05, 4.69) is 5.32 Å². The molecule has 3 rings (SSSR count). The van der Waals surface area contributed by atoms with Crippen molar-refractivity contribution in [1.82, 2.24) is 4.90 Å². The maximum absolute atomic E-state index is 12.7. The third kappa shape index (κ3) is 5.73. The second kappa shape index (κ2) is 9.45. The maximum Gasteiger partial charge on any atom is 0.260 e. The average molecular weight is 396 g/mol. The standard InChI is InChI=1S/C23H28N2O4/c1-16-8-9-17(2)19(14-16)24-22(26)12-13-25(18-10-11-18)23(27)15-29-21-7-5-4-6-20(21)28-3/h4-9,14,18H,10-13,15H2,1-3H3,(H,24,26). The Morgan fingerprint density at radius 1 is 1.10 bits per heavy atom. The summed E-state index contributed by atoms with van der Waals surface area (Å²) in [4.78, 5) is 26.9. The summed E-state index contributed by atoms with van der Waals surface area (Å²) < 4.78 is 10.9. The van der Waals surface area contributed by atoms with Gasteiger partial charge in [-0.3, -0.25) is 9.59 Å². The summed E-state index contributed by atoms with van der Waals surface area (Å²) in [5.41, 5.74) is 2.93. The Morgan fingerprint density at radius 2 is 1.83 bits per heavy atom. The molecule has 0 heterocycles. The second-order valence-corrected chi connectivity index (χ2v) is 7.37. The zero-order valence-corrected chi connectivity index (χ0v) is 17.2. The van der Waals surface area contributed by atoms with Crippen LogP contribution in [-0.4, -0.2) is 43.0 Å². The van der Waals surface area contributed by atoms with Crippen LogP contribution in [0, 0.1) is 13.8 Å². The minimum absolute atomic E-state index is 0.0739. The fraction of sp³-hybridized carbons (Fsp3) is 0.391. The Balaban J connectivity index is 1.54. The number of carbonyl (C=O) groups excluding carboxylic acids is 2. The Labute approximate surface area is 171 Å². The monoisotopic (exact) mass is 396 g/mol. The number of benzene rings is 2. The molecule has 154 valence electrons. The van der Waals surface area contributed by atoms with Crippen LogP contribution < -0.4 is 14.8 Å². The molecule has 1 aliphatic carbocycles. The highest BCUT2D eigenvalue weighted by Crippen LogP contribution is 2.29. The van der Waals surface area contributed by atoms with Gasteiger partial charge in [0.2, 0.25) is 5.91 Å². The van der Waals surface area contributed by atoms with Crippen LogP contribution >= 0.6 is 0 Å². The van der Waals surface area contributed by atoms with Gasteiger partial charge >= 0.3 is 0 Å². The molecule has 0 aromatic heterocycles. The molecule has 6 heteroatoms. The van der Waals surface area contributed by atoms with E-state index in [0.717, 1.165) is 29.7 Å². The zero-order valence-electron chi connectivity index (χ0n) is 17.2. The minimum atomic E-state index is -0.113. The molecular weight excluding hydrogens is 368 g/mol. The van der Waals surface area contributed by atoms with Crippen LogP contribution in [0.2, 0.25) is 0 Å². The predicted octanol–water partition coefficient (Wildman–Crippen LogP) is 3.71. The van der Waals surface area contributed by atoms with E-state index in [1.165, 1.54) is 0 Å². The van der Waals surface area contributed by atoms with E-state index in [9.17, 15) is 9.59 Å². The van der Waals surface area contributed by atoms with Gasteiger partial charge in [0.1, 0.15) is 0 Å². The van der Waals surface area contributed by atoms with Crippen molar-refractivity contribution in [3.63, 3.8) is 0 Å². The number of para-hydroxylation sites is 2. The van der Waals surface area contributed by atoms with Crippen molar-refractivity contribution in [2.45, 2.75) is 39.2 Å². The number of carbonyl (C=O) groups is 2. The predicted molar refractivity (Wildman–Crippen MR) is 112 cm³/mol. The molecule has 0 radical (unpaired) electrons. The first-order valence-electron chi connectivity index (χ1n) is 9.90. The fourth-order valence-corrected chi connectivity index (χ4v) is 3.16. The van der Waals surface area contributed by atoms with Crippen molar-refractivity contribution < 1.29 is 19.1 Å². The molecule has 1 aliphatic rings. The Hall–Kier alpha value is -3.02. The first-order valence-corrected chi connectivity index (χ1v) is 9.90. The van der Waals surface area contributed by atoms with Crippen LogP contribution in [0.15, 0.2) is 42.5 Å². The van der Waals surface area contributed by atoms with Crippen LogP contribution in [0.4, 0.5) is 5.69 Å². The summed E-state index contributed by atoms with van der Waals surface area (Å²) in [6, 6.07) is 13.4. The van der Waals surface area contributed by atoms with Gasteiger partial charge in [-0.1, -0.05) is 24.3 Å². The molecule has 0 spiro atoms. The largest absolute Gasteiger partial charge is 0.493 e. The summed E-state index contributed by atoms with van der Waals surface area (Å²) in [6.45, 7) is 4.26. The van der Waals surface area contributed by atoms with Gasteiger partial charge in [-0.05, 0) is 56.0 Å². The summed E-state index contributed by atoms with van der Waals surface area (Å²) in [6.07, 6.45) is 2.20. The van der Waals surface area contributed by atoms with Crippen LogP contribution in [0.3, 0.4) is 0 Å². The Morgan fingerprint density at radius 3 is 2.52 bits per heavy atom. The molecule has 0 bridgehead atoms. The number of anilines is 1. The number of hydrogen-bond acceptors (Lipinski definition) is 4. The first kappa shape index (κ1) is 20.7. The quantitative estimate of drug-likeness (QED) is 0.702. The SMILES string of the molecule is COc1ccccc1OCC(=O)N(CCC(=O)Nc1cc(C)ccc1C)C1CC1. The van der Waals surface area contributed by atoms with E-state index < -0.39 is 0 Å². The molecule has 1 N–H and O–H groups in total. The fourth-order valence-electron chi connectivity index (χ4n) is 3.16. The number of ether oxygens (including phenoxy) is 2. The van der Waals surface area contributed by atoms with Gasteiger partial charge in [-0.15, -0.1) is 0 Å². The van der Waals surface area contributed by atoms with Crippen LogP contribution in [0.25, 0.3) is 0 Å². The molecule has 0 saturated heterocycles. The van der Waals surface area contributed by atoms with Crippen molar-refractivity contribution in [2.75, 3.05) is 25.6 Å². The van der Waals surface area contributed by atoms with Crippen molar-refractivity contribution in [3.05, 3.63) is 53.6 Å². The lowest BCUT2D eigenvalue weighted by Crippen LogP contribution is -2.38. The molecule has 2 aromatic carbocycles. The van der Waals surface area contributed by atoms with Gasteiger partial charge in [0.05, 0.1) is 7.11 Å². The highest BCUT2D eigenvalue weighted by Gasteiger charge is 2.32. The van der Waals surface area contributed by atoms with Gasteiger partial charge in [0.25, 0.3) is 5.91 Å². The maximum atomic E-state index is 12.7. The Bertz CT molecular complexity index is 877. The van der Waals surface area contributed by atoms with Gasteiger partial charge in [0.15, 0.2) is 18.1 Å². The van der Waals surface area contributed by atoms with Gasteiger partial charge in [0, 0.05) is 24.7 Å². The van der Waals surface area contributed by atoms with E-state index in [1.807, 2.05) is 44.2 Å². The van der Waals surface area contributed by atoms with Gasteiger partial charge < -0.3 is 19.7 Å². The van der Waals surface area contributed by atoms with Gasteiger partial charge in [-0.25, -0.2) is 0 Å². The normalized spacial score (nSPS) is 12.9. The molecule has 2 aromatic rings. The van der Waals surface area contributed by atoms with Crippen molar-refractivity contribution in [3.8, 4) is 11.5 Å².